The lowest BCUT2D eigenvalue weighted by Crippen LogP contribution is -2.34. The van der Waals surface area contributed by atoms with Gasteiger partial charge in [0, 0.05) is 56.1 Å². The molecule has 0 aromatic carbocycles. The van der Waals surface area contributed by atoms with Gasteiger partial charge in [0.2, 0.25) is 5.95 Å². The van der Waals surface area contributed by atoms with Crippen LogP contribution in [-0.4, -0.2) is 51.0 Å². The average molecular weight is 354 g/mol. The number of likely N-dealkylation sites (tertiary alicyclic amines) is 1. The van der Waals surface area contributed by atoms with Crippen molar-refractivity contribution in [2.24, 2.45) is 0 Å². The molecule has 4 rings (SSSR count). The van der Waals surface area contributed by atoms with Crippen molar-refractivity contribution in [2.75, 3.05) is 31.1 Å². The molecule has 0 saturated carbocycles. The van der Waals surface area contributed by atoms with Crippen molar-refractivity contribution in [3.63, 3.8) is 0 Å². The van der Waals surface area contributed by atoms with Gasteiger partial charge in [0.15, 0.2) is 0 Å². The molecule has 2 aliphatic heterocycles. The van der Waals surface area contributed by atoms with Crippen LogP contribution in [0.1, 0.15) is 48.7 Å². The number of aryl methyl sites for hydroxylation is 1. The van der Waals surface area contributed by atoms with Gasteiger partial charge in [-0.1, -0.05) is 0 Å². The van der Waals surface area contributed by atoms with Crippen LogP contribution >= 0.6 is 0 Å². The third kappa shape index (κ3) is 3.93. The molecule has 2 aliphatic rings. The topological polar surface area (TPSA) is 78.0 Å². The number of nitrogens with zero attached hydrogens (tertiary/aromatic N) is 5. The number of aromatic amines is 1. The molecule has 1 N–H and O–H groups in total. The summed E-state index contributed by atoms with van der Waals surface area (Å²) < 4.78 is 0. The molecule has 2 aromatic heterocycles. The molecule has 4 heterocycles. The van der Waals surface area contributed by atoms with Crippen LogP contribution in [-0.2, 0) is 6.54 Å². The third-order valence-electron chi connectivity index (χ3n) is 5.29. The summed E-state index contributed by atoms with van der Waals surface area (Å²) in [5.41, 5.74) is 2.00. The molecule has 2 fully saturated rings. The highest BCUT2D eigenvalue weighted by atomic mass is 16.1. The predicted octanol–water partition coefficient (Wildman–Crippen LogP) is 1.85. The van der Waals surface area contributed by atoms with Crippen molar-refractivity contribution in [1.29, 1.82) is 0 Å². The largest absolute Gasteiger partial charge is 0.341 e. The number of nitrogens with one attached hydrogen (secondary N) is 1. The van der Waals surface area contributed by atoms with E-state index in [4.69, 9.17) is 0 Å². The predicted molar refractivity (Wildman–Crippen MR) is 100 cm³/mol. The summed E-state index contributed by atoms with van der Waals surface area (Å²) in [7, 11) is 0. The summed E-state index contributed by atoms with van der Waals surface area (Å²) >= 11 is 0. The highest BCUT2D eigenvalue weighted by molar-refractivity contribution is 5.31. The van der Waals surface area contributed by atoms with Gasteiger partial charge in [0.05, 0.1) is 5.69 Å². The number of hydrogen-bond donors (Lipinski definition) is 1. The quantitative estimate of drug-likeness (QED) is 0.903. The Balaban J connectivity index is 1.41. The molecule has 0 amide bonds. The van der Waals surface area contributed by atoms with E-state index in [2.05, 4.69) is 29.7 Å². The van der Waals surface area contributed by atoms with Crippen molar-refractivity contribution in [1.82, 2.24) is 24.8 Å². The lowest BCUT2D eigenvalue weighted by molar-refractivity contribution is 0.198. The van der Waals surface area contributed by atoms with Gasteiger partial charge in [0.1, 0.15) is 5.82 Å². The maximum Gasteiger partial charge on any atom is 0.251 e. The Morgan fingerprint density at radius 1 is 1.15 bits per heavy atom. The Morgan fingerprint density at radius 3 is 2.65 bits per heavy atom. The summed E-state index contributed by atoms with van der Waals surface area (Å²) in [6.07, 6.45) is 8.58. The fraction of sp³-hybridized carbons (Fsp3) is 0.579. The van der Waals surface area contributed by atoms with Gasteiger partial charge in [-0.2, -0.15) is 0 Å². The summed E-state index contributed by atoms with van der Waals surface area (Å²) in [5.74, 6) is 1.86. The van der Waals surface area contributed by atoms with Crippen LogP contribution in [0, 0.1) is 6.92 Å². The van der Waals surface area contributed by atoms with Gasteiger partial charge < -0.3 is 9.88 Å². The van der Waals surface area contributed by atoms with E-state index >= 15 is 0 Å². The Labute approximate surface area is 153 Å². The lowest BCUT2D eigenvalue weighted by Gasteiger charge is -2.32. The van der Waals surface area contributed by atoms with Crippen LogP contribution in [0.25, 0.3) is 0 Å². The first-order chi connectivity index (χ1) is 12.7. The maximum absolute atomic E-state index is 11.7. The number of aromatic nitrogens is 4. The summed E-state index contributed by atoms with van der Waals surface area (Å²) in [4.78, 5) is 32.8. The molecular weight excluding hydrogens is 328 g/mol. The molecule has 0 aliphatic carbocycles. The van der Waals surface area contributed by atoms with Crippen LogP contribution in [0.15, 0.2) is 23.3 Å². The molecule has 0 spiro atoms. The van der Waals surface area contributed by atoms with Crippen molar-refractivity contribution in [3.05, 3.63) is 45.9 Å². The molecule has 1 atom stereocenters. The normalized spacial score (nSPS) is 21.3. The Bertz CT molecular complexity index is 796. The van der Waals surface area contributed by atoms with E-state index in [0.717, 1.165) is 62.8 Å². The number of piperidine rings is 1. The second kappa shape index (κ2) is 7.53. The van der Waals surface area contributed by atoms with E-state index in [-0.39, 0.29) is 5.56 Å². The number of hydrogen-bond acceptors (Lipinski definition) is 6. The first-order valence-corrected chi connectivity index (χ1v) is 9.53. The first-order valence-electron chi connectivity index (χ1n) is 9.53. The van der Waals surface area contributed by atoms with E-state index in [1.165, 1.54) is 12.8 Å². The van der Waals surface area contributed by atoms with Crippen LogP contribution in [0.3, 0.4) is 0 Å². The molecule has 26 heavy (non-hydrogen) atoms. The lowest BCUT2D eigenvalue weighted by atomic mass is 9.94. The smallest absolute Gasteiger partial charge is 0.251 e. The molecule has 138 valence electrons. The number of H-pyrrole nitrogens is 1. The zero-order valence-electron chi connectivity index (χ0n) is 15.3. The van der Waals surface area contributed by atoms with Crippen molar-refractivity contribution in [2.45, 2.75) is 45.1 Å². The minimum absolute atomic E-state index is 0.0597. The minimum Gasteiger partial charge on any atom is -0.341 e. The van der Waals surface area contributed by atoms with Gasteiger partial charge in [0.25, 0.3) is 5.56 Å². The molecule has 0 bridgehead atoms. The van der Waals surface area contributed by atoms with Crippen LogP contribution < -0.4 is 10.5 Å². The van der Waals surface area contributed by atoms with Gasteiger partial charge >= 0.3 is 0 Å². The second-order valence-corrected chi connectivity index (χ2v) is 7.42. The number of rotatable bonds is 4. The Hall–Kier alpha value is -2.28. The standard InChI is InChI=1S/C19H26N6O/c1-14-22-17(9-18(26)23-14)16-5-4-6-24(13-16)12-15-10-20-19(21-11-15)25-7-2-3-8-25/h9-11,16H,2-8,12-13H2,1H3,(H,22,23,26)/t16-/m0/s1. The second-order valence-electron chi connectivity index (χ2n) is 7.42. The van der Waals surface area contributed by atoms with Gasteiger partial charge in [-0.25, -0.2) is 15.0 Å². The Morgan fingerprint density at radius 2 is 1.92 bits per heavy atom. The maximum atomic E-state index is 11.7. The monoisotopic (exact) mass is 354 g/mol. The van der Waals surface area contributed by atoms with Crippen molar-refractivity contribution < 1.29 is 0 Å². The zero-order chi connectivity index (χ0) is 17.9. The fourth-order valence-electron chi connectivity index (χ4n) is 4.02. The Kier molecular flexibility index (Phi) is 4.97. The van der Waals surface area contributed by atoms with Crippen LogP contribution in [0.5, 0.6) is 0 Å². The van der Waals surface area contributed by atoms with E-state index in [1.54, 1.807) is 6.07 Å². The van der Waals surface area contributed by atoms with E-state index in [9.17, 15) is 4.79 Å². The van der Waals surface area contributed by atoms with Crippen LogP contribution in [0.2, 0.25) is 0 Å². The average Bonchev–Trinajstić information content (AvgIpc) is 3.16. The first kappa shape index (κ1) is 17.1. The van der Waals surface area contributed by atoms with Crippen molar-refractivity contribution in [3.8, 4) is 0 Å². The zero-order valence-corrected chi connectivity index (χ0v) is 15.3. The number of anilines is 1. The highest BCUT2D eigenvalue weighted by Crippen LogP contribution is 2.26. The molecule has 0 radical (unpaired) electrons. The van der Waals surface area contributed by atoms with Crippen molar-refractivity contribution >= 4 is 5.95 Å². The third-order valence-corrected chi connectivity index (χ3v) is 5.29. The molecular formula is C19H26N6O. The summed E-state index contributed by atoms with van der Waals surface area (Å²) in [6, 6.07) is 1.65. The summed E-state index contributed by atoms with van der Waals surface area (Å²) in [5, 5.41) is 0. The molecule has 2 aromatic rings. The minimum atomic E-state index is -0.0597. The summed E-state index contributed by atoms with van der Waals surface area (Å²) in [6.45, 7) is 6.80. The SMILES string of the molecule is Cc1nc([C@H]2CCCN(Cc3cnc(N4CCCC4)nc3)C2)cc(=O)[nH]1. The molecule has 7 heteroatoms. The molecule has 7 nitrogen and oxygen atoms in total. The molecule has 0 unspecified atom stereocenters. The van der Waals surface area contributed by atoms with Gasteiger partial charge in [-0.05, 0) is 39.2 Å². The van der Waals surface area contributed by atoms with E-state index in [0.29, 0.717) is 11.7 Å². The van der Waals surface area contributed by atoms with Gasteiger partial charge in [-0.15, -0.1) is 0 Å². The molecule has 2 saturated heterocycles. The fourth-order valence-corrected chi connectivity index (χ4v) is 4.02. The highest BCUT2D eigenvalue weighted by Gasteiger charge is 2.23. The van der Waals surface area contributed by atoms with Gasteiger partial charge in [-0.3, -0.25) is 9.69 Å². The van der Waals surface area contributed by atoms with E-state index in [1.807, 2.05) is 19.3 Å². The van der Waals surface area contributed by atoms with Crippen LogP contribution in [0.4, 0.5) is 5.95 Å². The van der Waals surface area contributed by atoms with E-state index < -0.39 is 0 Å².